The van der Waals surface area contributed by atoms with E-state index < -0.39 is 5.76 Å². The van der Waals surface area contributed by atoms with Gasteiger partial charge in [0, 0.05) is 32.1 Å². The number of nitrogens with one attached hydrogen (secondary N) is 1. The van der Waals surface area contributed by atoms with E-state index in [4.69, 9.17) is 4.42 Å². The molecule has 1 atom stereocenters. The van der Waals surface area contributed by atoms with Crippen LogP contribution in [0.2, 0.25) is 0 Å². The van der Waals surface area contributed by atoms with Crippen LogP contribution in [-0.2, 0) is 11.3 Å². The number of halogens is 1. The van der Waals surface area contributed by atoms with Gasteiger partial charge in [0.15, 0.2) is 5.58 Å². The zero-order valence-electron chi connectivity index (χ0n) is 13.2. The van der Waals surface area contributed by atoms with Crippen LogP contribution in [0.1, 0.15) is 19.3 Å². The predicted molar refractivity (Wildman–Crippen MR) is 91.0 cm³/mol. The Morgan fingerprint density at radius 3 is 2.96 bits per heavy atom. The van der Waals surface area contributed by atoms with Crippen LogP contribution in [-0.4, -0.2) is 41.6 Å². The fraction of sp³-hybridized carbons (Fsp3) is 0.500. The summed E-state index contributed by atoms with van der Waals surface area (Å²) in [7, 11) is 1.93. The molecule has 126 valence electrons. The molecule has 0 bridgehead atoms. The maximum absolute atomic E-state index is 12.4. The highest BCUT2D eigenvalue weighted by Crippen LogP contribution is 2.14. The topological polar surface area (TPSA) is 67.5 Å². The molecule has 1 N–H and O–H groups in total. The zero-order valence-corrected chi connectivity index (χ0v) is 14.0. The number of fused-ring (bicyclic) bond motifs is 1. The molecule has 1 unspecified atom stereocenters. The molecule has 1 fully saturated rings. The lowest BCUT2D eigenvalue weighted by Gasteiger charge is -2.32. The molecule has 1 saturated heterocycles. The van der Waals surface area contributed by atoms with Crippen molar-refractivity contribution in [2.75, 3.05) is 20.1 Å². The molecule has 23 heavy (non-hydrogen) atoms. The number of oxazole rings is 1. The summed E-state index contributed by atoms with van der Waals surface area (Å²) in [5, 5.41) is 3.23. The number of benzene rings is 1. The molecule has 0 aliphatic carbocycles. The van der Waals surface area contributed by atoms with Gasteiger partial charge in [0.05, 0.1) is 5.52 Å². The summed E-state index contributed by atoms with van der Waals surface area (Å²) in [5.41, 5.74) is 1.31. The Morgan fingerprint density at radius 1 is 1.39 bits per heavy atom. The van der Waals surface area contributed by atoms with E-state index in [1.165, 1.54) is 4.57 Å². The molecule has 0 spiro atoms. The van der Waals surface area contributed by atoms with E-state index in [9.17, 15) is 9.59 Å². The molecule has 1 aliphatic rings. The number of likely N-dealkylation sites (tertiary alicyclic amines) is 1. The third-order valence-electron chi connectivity index (χ3n) is 4.31. The molecule has 2 aromatic rings. The van der Waals surface area contributed by atoms with E-state index in [0.717, 1.165) is 31.4 Å². The largest absolute Gasteiger partial charge is 0.419 e. The van der Waals surface area contributed by atoms with Gasteiger partial charge in [-0.3, -0.25) is 9.36 Å². The smallest absolute Gasteiger partial charge is 0.408 e. The average Bonchev–Trinajstić information content (AvgIpc) is 2.88. The predicted octanol–water partition coefficient (Wildman–Crippen LogP) is 1.62. The Morgan fingerprint density at radius 2 is 2.17 bits per heavy atom. The van der Waals surface area contributed by atoms with E-state index >= 15 is 0 Å². The minimum atomic E-state index is -0.402. The second-order valence-electron chi connectivity index (χ2n) is 5.70. The number of aromatic nitrogens is 1. The molecule has 1 aliphatic heterocycles. The van der Waals surface area contributed by atoms with Gasteiger partial charge in [-0.2, -0.15) is 0 Å². The molecule has 2 heterocycles. The van der Waals surface area contributed by atoms with Crippen LogP contribution in [0.4, 0.5) is 0 Å². The van der Waals surface area contributed by atoms with Crippen molar-refractivity contribution in [1.82, 2.24) is 14.8 Å². The van der Waals surface area contributed by atoms with Crippen molar-refractivity contribution in [3.63, 3.8) is 0 Å². The van der Waals surface area contributed by atoms with Gasteiger partial charge in [-0.15, -0.1) is 12.4 Å². The minimum absolute atomic E-state index is 0. The van der Waals surface area contributed by atoms with Crippen LogP contribution in [0.3, 0.4) is 0 Å². The number of nitrogens with zero attached hydrogens (tertiary/aromatic N) is 2. The summed E-state index contributed by atoms with van der Waals surface area (Å²) < 4.78 is 6.72. The molecule has 1 aromatic carbocycles. The van der Waals surface area contributed by atoms with Crippen LogP contribution in [0.15, 0.2) is 33.5 Å². The summed E-state index contributed by atoms with van der Waals surface area (Å²) in [4.78, 5) is 26.1. The Hall–Kier alpha value is -1.79. The monoisotopic (exact) mass is 339 g/mol. The SMILES string of the molecule is CNC1CCCN(C(=O)CCn2c(=O)oc3ccccc32)C1.Cl. The molecule has 6 nitrogen and oxygen atoms in total. The molecule has 1 aromatic heterocycles. The van der Waals surface area contributed by atoms with E-state index in [0.29, 0.717) is 24.6 Å². The number of hydrogen-bond acceptors (Lipinski definition) is 4. The first-order chi connectivity index (χ1) is 10.7. The Kier molecular flexibility index (Phi) is 5.85. The number of likely N-dealkylation sites (N-methyl/N-ethyl adjacent to an activating group) is 1. The van der Waals surface area contributed by atoms with Crippen molar-refractivity contribution in [3.05, 3.63) is 34.8 Å². The summed E-state index contributed by atoms with van der Waals surface area (Å²) in [6.45, 7) is 1.91. The number of piperidine rings is 1. The normalized spacial score (nSPS) is 18.0. The first-order valence-corrected chi connectivity index (χ1v) is 7.72. The number of para-hydroxylation sites is 2. The minimum Gasteiger partial charge on any atom is -0.408 e. The second-order valence-corrected chi connectivity index (χ2v) is 5.70. The summed E-state index contributed by atoms with van der Waals surface area (Å²) in [5.74, 6) is -0.308. The summed E-state index contributed by atoms with van der Waals surface area (Å²) in [6.07, 6.45) is 2.44. The van der Waals surface area contributed by atoms with Gasteiger partial charge in [-0.25, -0.2) is 4.79 Å². The van der Waals surface area contributed by atoms with Crippen LogP contribution < -0.4 is 11.1 Å². The third kappa shape index (κ3) is 3.76. The second kappa shape index (κ2) is 7.66. The molecule has 7 heteroatoms. The maximum Gasteiger partial charge on any atom is 0.419 e. The highest BCUT2D eigenvalue weighted by Gasteiger charge is 2.22. The number of carbonyl (C=O) groups excluding carboxylic acids is 1. The summed E-state index contributed by atoms with van der Waals surface area (Å²) in [6, 6.07) is 7.65. The Balaban J connectivity index is 0.00000192. The third-order valence-corrected chi connectivity index (χ3v) is 4.31. The molecule has 1 amide bonds. The van der Waals surface area contributed by atoms with E-state index in [1.54, 1.807) is 6.07 Å². The lowest BCUT2D eigenvalue weighted by molar-refractivity contribution is -0.132. The number of amides is 1. The number of rotatable bonds is 4. The van der Waals surface area contributed by atoms with Gasteiger partial charge in [0.2, 0.25) is 5.91 Å². The van der Waals surface area contributed by atoms with Gasteiger partial charge in [-0.1, -0.05) is 12.1 Å². The maximum atomic E-state index is 12.4. The van der Waals surface area contributed by atoms with E-state index in [-0.39, 0.29) is 18.3 Å². The van der Waals surface area contributed by atoms with Crippen molar-refractivity contribution in [3.8, 4) is 0 Å². The first kappa shape index (κ1) is 17.6. The molecule has 3 rings (SSSR count). The fourth-order valence-electron chi connectivity index (χ4n) is 3.03. The molecule has 0 radical (unpaired) electrons. The number of hydrogen-bond donors (Lipinski definition) is 1. The van der Waals surface area contributed by atoms with Gasteiger partial charge in [0.25, 0.3) is 0 Å². The van der Waals surface area contributed by atoms with Gasteiger partial charge < -0.3 is 14.6 Å². The highest BCUT2D eigenvalue weighted by molar-refractivity contribution is 5.85. The van der Waals surface area contributed by atoms with Crippen molar-refractivity contribution in [2.24, 2.45) is 0 Å². The molecular formula is C16H22ClN3O3. The quantitative estimate of drug-likeness (QED) is 0.919. The van der Waals surface area contributed by atoms with Crippen LogP contribution >= 0.6 is 12.4 Å². The lowest BCUT2D eigenvalue weighted by Crippen LogP contribution is -2.47. The first-order valence-electron chi connectivity index (χ1n) is 7.72. The van der Waals surface area contributed by atoms with Gasteiger partial charge in [-0.05, 0) is 32.0 Å². The van der Waals surface area contributed by atoms with Gasteiger partial charge in [0.1, 0.15) is 0 Å². The van der Waals surface area contributed by atoms with Crippen molar-refractivity contribution in [2.45, 2.75) is 31.8 Å². The summed E-state index contributed by atoms with van der Waals surface area (Å²) >= 11 is 0. The number of carbonyl (C=O) groups is 1. The van der Waals surface area contributed by atoms with Crippen molar-refractivity contribution in [1.29, 1.82) is 0 Å². The van der Waals surface area contributed by atoms with Crippen molar-refractivity contribution < 1.29 is 9.21 Å². The van der Waals surface area contributed by atoms with Gasteiger partial charge >= 0.3 is 5.76 Å². The molecule has 0 saturated carbocycles. The standard InChI is InChI=1S/C16H21N3O3.ClH/c1-17-12-5-4-9-18(11-12)15(20)8-10-19-13-6-2-3-7-14(13)22-16(19)21;/h2-3,6-7,12,17H,4-5,8-11H2,1H3;1H. The average molecular weight is 340 g/mol. The number of aryl methyl sites for hydroxylation is 1. The van der Waals surface area contributed by atoms with Crippen LogP contribution in [0.25, 0.3) is 11.1 Å². The molecular weight excluding hydrogens is 318 g/mol. The van der Waals surface area contributed by atoms with Crippen LogP contribution in [0.5, 0.6) is 0 Å². The van der Waals surface area contributed by atoms with E-state index in [2.05, 4.69) is 5.32 Å². The lowest BCUT2D eigenvalue weighted by atomic mass is 10.1. The van der Waals surface area contributed by atoms with Crippen molar-refractivity contribution >= 4 is 29.4 Å². The Labute approximate surface area is 140 Å². The zero-order chi connectivity index (χ0) is 15.5. The fourth-order valence-corrected chi connectivity index (χ4v) is 3.03. The Bertz CT molecular complexity index is 725. The van der Waals surface area contributed by atoms with Crippen LogP contribution in [0, 0.1) is 0 Å². The highest BCUT2D eigenvalue weighted by atomic mass is 35.5. The van der Waals surface area contributed by atoms with E-state index in [1.807, 2.05) is 30.1 Å².